The van der Waals surface area contributed by atoms with Crippen LogP contribution in [0.3, 0.4) is 0 Å². The minimum absolute atomic E-state index is 0.0809. The van der Waals surface area contributed by atoms with E-state index in [9.17, 15) is 13.6 Å². The number of hydrogen-bond acceptors (Lipinski definition) is 1. The van der Waals surface area contributed by atoms with E-state index in [4.69, 9.17) is 5.11 Å². The summed E-state index contributed by atoms with van der Waals surface area (Å²) in [5.41, 5.74) is 0.0809. The number of rotatable bonds is 3. The number of benzene rings is 1. The van der Waals surface area contributed by atoms with Crippen molar-refractivity contribution >= 4 is 5.97 Å². The first kappa shape index (κ1) is 9.64. The molecule has 2 nitrogen and oxygen atoms in total. The lowest BCUT2D eigenvalue weighted by Crippen LogP contribution is -2.17. The van der Waals surface area contributed by atoms with Crippen LogP contribution in [-0.4, -0.2) is 17.2 Å². The molecule has 0 saturated heterocycles. The fourth-order valence-electron chi connectivity index (χ4n) is 0.944. The highest BCUT2D eigenvalue weighted by Gasteiger charge is 2.17. The van der Waals surface area contributed by atoms with Crippen molar-refractivity contribution in [3.8, 4) is 0 Å². The van der Waals surface area contributed by atoms with E-state index in [-0.39, 0.29) is 5.56 Å². The van der Waals surface area contributed by atoms with Crippen molar-refractivity contribution in [2.24, 2.45) is 0 Å². The zero-order valence-electron chi connectivity index (χ0n) is 6.71. The Balaban J connectivity index is 2.74. The molecule has 0 aliphatic carbocycles. The van der Waals surface area contributed by atoms with Gasteiger partial charge in [0.1, 0.15) is 5.82 Å². The molecule has 1 rings (SSSR count). The monoisotopic (exact) mass is 186 g/mol. The Bertz CT molecular complexity index is 312. The van der Waals surface area contributed by atoms with Gasteiger partial charge in [0.05, 0.1) is 0 Å². The summed E-state index contributed by atoms with van der Waals surface area (Å²) in [5, 5.41) is 8.24. The van der Waals surface area contributed by atoms with E-state index in [1.807, 2.05) is 0 Å². The Morgan fingerprint density at radius 1 is 1.46 bits per heavy atom. The van der Waals surface area contributed by atoms with Crippen LogP contribution in [0, 0.1) is 5.82 Å². The predicted octanol–water partition coefficient (Wildman–Crippen LogP) is 1.79. The lowest BCUT2D eigenvalue weighted by Gasteiger charge is -2.03. The maximum atomic E-state index is 12.9. The first-order valence-electron chi connectivity index (χ1n) is 3.71. The van der Waals surface area contributed by atoms with Crippen molar-refractivity contribution in [2.75, 3.05) is 0 Å². The molecule has 1 N–H and O–H groups in total. The summed E-state index contributed by atoms with van der Waals surface area (Å²) < 4.78 is 25.5. The first-order chi connectivity index (χ1) is 6.11. The third-order valence-electron chi connectivity index (χ3n) is 1.62. The Labute approximate surface area is 73.8 Å². The zero-order valence-corrected chi connectivity index (χ0v) is 6.71. The second kappa shape index (κ2) is 3.98. The molecule has 1 aromatic rings. The number of hydrogen-bond donors (Lipinski definition) is 1. The summed E-state index contributed by atoms with van der Waals surface area (Å²) in [4.78, 5) is 10.1. The van der Waals surface area contributed by atoms with Gasteiger partial charge < -0.3 is 5.11 Å². The van der Waals surface area contributed by atoms with Gasteiger partial charge in [-0.05, 0) is 11.6 Å². The van der Waals surface area contributed by atoms with E-state index in [1.54, 1.807) is 0 Å². The number of halogens is 2. The minimum Gasteiger partial charge on any atom is -0.479 e. The summed E-state index contributed by atoms with van der Waals surface area (Å²) in [6.07, 6.45) is -2.47. The predicted molar refractivity (Wildman–Crippen MR) is 42.6 cm³/mol. The third kappa shape index (κ3) is 2.50. The molecular weight excluding hydrogens is 178 g/mol. The topological polar surface area (TPSA) is 37.3 Å². The van der Waals surface area contributed by atoms with Gasteiger partial charge in [0.2, 0.25) is 6.17 Å². The molecule has 1 atom stereocenters. The maximum absolute atomic E-state index is 12.9. The van der Waals surface area contributed by atoms with Crippen LogP contribution in [0.1, 0.15) is 5.56 Å². The quantitative estimate of drug-likeness (QED) is 0.781. The van der Waals surface area contributed by atoms with Gasteiger partial charge in [0, 0.05) is 6.42 Å². The Morgan fingerprint density at radius 3 is 2.62 bits per heavy atom. The Kier molecular flexibility index (Phi) is 2.95. The van der Waals surface area contributed by atoms with E-state index < -0.39 is 24.4 Å². The highest BCUT2D eigenvalue weighted by molar-refractivity contribution is 5.72. The van der Waals surface area contributed by atoms with E-state index in [0.29, 0.717) is 0 Å². The molecule has 0 amide bonds. The zero-order chi connectivity index (χ0) is 9.84. The van der Waals surface area contributed by atoms with Gasteiger partial charge in [-0.3, -0.25) is 0 Å². The molecule has 0 fully saturated rings. The number of carboxylic acid groups (broad SMARTS) is 1. The van der Waals surface area contributed by atoms with Gasteiger partial charge in [0.15, 0.2) is 0 Å². The number of carbonyl (C=O) groups is 1. The molecule has 0 saturated carbocycles. The van der Waals surface area contributed by atoms with Crippen LogP contribution >= 0.6 is 0 Å². The summed E-state index contributed by atoms with van der Waals surface area (Å²) >= 11 is 0. The lowest BCUT2D eigenvalue weighted by atomic mass is 10.1. The average molecular weight is 186 g/mol. The Hall–Kier alpha value is -1.45. The second-order valence-corrected chi connectivity index (χ2v) is 2.60. The summed E-state index contributed by atoms with van der Waals surface area (Å²) in [6, 6.07) is 5.54. The summed E-state index contributed by atoms with van der Waals surface area (Å²) in [5.74, 6) is -2.14. The standard InChI is InChI=1S/C9H8F2O2/c10-7-4-2-1-3-6(7)5-8(11)9(12)13/h1-4,8H,5H2,(H,12,13)/t8-/m1/s1. The van der Waals surface area contributed by atoms with Crippen molar-refractivity contribution in [1.29, 1.82) is 0 Å². The second-order valence-electron chi connectivity index (χ2n) is 2.60. The maximum Gasteiger partial charge on any atom is 0.338 e. The van der Waals surface area contributed by atoms with E-state index >= 15 is 0 Å². The molecule has 4 heteroatoms. The van der Waals surface area contributed by atoms with E-state index in [0.717, 1.165) is 0 Å². The summed E-state index contributed by atoms with van der Waals surface area (Å²) in [6.45, 7) is 0. The molecule has 0 aliphatic rings. The lowest BCUT2D eigenvalue weighted by molar-refractivity contribution is -0.142. The van der Waals surface area contributed by atoms with Crippen LogP contribution in [0.2, 0.25) is 0 Å². The van der Waals surface area contributed by atoms with Crippen LogP contribution < -0.4 is 0 Å². The van der Waals surface area contributed by atoms with Crippen molar-refractivity contribution < 1.29 is 18.7 Å². The first-order valence-corrected chi connectivity index (χ1v) is 3.71. The van der Waals surface area contributed by atoms with Gasteiger partial charge in [-0.15, -0.1) is 0 Å². The molecule has 0 unspecified atom stereocenters. The molecule has 0 aromatic heterocycles. The van der Waals surface area contributed by atoms with Crippen LogP contribution in [-0.2, 0) is 11.2 Å². The van der Waals surface area contributed by atoms with Crippen LogP contribution in [0.15, 0.2) is 24.3 Å². The summed E-state index contributed by atoms with van der Waals surface area (Å²) in [7, 11) is 0. The van der Waals surface area contributed by atoms with Crippen LogP contribution in [0.25, 0.3) is 0 Å². The van der Waals surface area contributed by atoms with Gasteiger partial charge >= 0.3 is 5.97 Å². The average Bonchev–Trinajstić information content (AvgIpc) is 2.08. The minimum atomic E-state index is -2.04. The Morgan fingerprint density at radius 2 is 2.08 bits per heavy atom. The molecule has 1 aromatic carbocycles. The van der Waals surface area contributed by atoms with Gasteiger partial charge in [-0.25, -0.2) is 13.6 Å². The molecule has 0 radical (unpaired) electrons. The molecular formula is C9H8F2O2. The van der Waals surface area contributed by atoms with Gasteiger partial charge in [-0.2, -0.15) is 0 Å². The molecule has 0 heterocycles. The van der Waals surface area contributed by atoms with Crippen molar-refractivity contribution in [2.45, 2.75) is 12.6 Å². The van der Waals surface area contributed by atoms with E-state index in [1.165, 1.54) is 24.3 Å². The number of aliphatic carboxylic acids is 1. The molecule has 70 valence electrons. The fraction of sp³-hybridized carbons (Fsp3) is 0.222. The third-order valence-corrected chi connectivity index (χ3v) is 1.62. The highest BCUT2D eigenvalue weighted by Crippen LogP contribution is 2.10. The van der Waals surface area contributed by atoms with Crippen molar-refractivity contribution in [3.05, 3.63) is 35.6 Å². The van der Waals surface area contributed by atoms with Crippen molar-refractivity contribution in [1.82, 2.24) is 0 Å². The SMILES string of the molecule is O=C(O)[C@H](F)Cc1ccccc1F. The molecule has 0 aliphatic heterocycles. The van der Waals surface area contributed by atoms with Crippen molar-refractivity contribution in [3.63, 3.8) is 0 Å². The normalized spacial score (nSPS) is 12.5. The van der Waals surface area contributed by atoms with Crippen LogP contribution in [0.5, 0.6) is 0 Å². The molecule has 0 spiro atoms. The number of alkyl halides is 1. The fourth-order valence-corrected chi connectivity index (χ4v) is 0.944. The molecule has 0 bridgehead atoms. The number of carboxylic acids is 1. The smallest absolute Gasteiger partial charge is 0.338 e. The largest absolute Gasteiger partial charge is 0.479 e. The van der Waals surface area contributed by atoms with E-state index in [2.05, 4.69) is 0 Å². The highest BCUT2D eigenvalue weighted by atomic mass is 19.1. The van der Waals surface area contributed by atoms with Gasteiger partial charge in [-0.1, -0.05) is 18.2 Å². The molecule has 13 heavy (non-hydrogen) atoms. The van der Waals surface area contributed by atoms with Gasteiger partial charge in [0.25, 0.3) is 0 Å². The van der Waals surface area contributed by atoms with Crippen LogP contribution in [0.4, 0.5) is 8.78 Å².